The molecule has 0 aliphatic carbocycles. The average molecular weight is 244 g/mol. The summed E-state index contributed by atoms with van der Waals surface area (Å²) >= 11 is 3.17. The van der Waals surface area contributed by atoms with Crippen molar-refractivity contribution in [3.05, 3.63) is 29.6 Å². The number of hydrogen-bond acceptors (Lipinski definition) is 2. The molecule has 0 bridgehead atoms. The average Bonchev–Trinajstić information content (AvgIpc) is 2.15. The van der Waals surface area contributed by atoms with Crippen molar-refractivity contribution in [2.24, 2.45) is 0 Å². The van der Waals surface area contributed by atoms with Crippen LogP contribution in [0.15, 0.2) is 18.2 Å². The van der Waals surface area contributed by atoms with E-state index in [1.165, 1.54) is 12.1 Å². The Kier molecular flexibility index (Phi) is 3.71. The fourth-order valence-corrected chi connectivity index (χ4v) is 1.04. The smallest absolute Gasteiger partial charge is 0.144 e. The van der Waals surface area contributed by atoms with E-state index in [4.69, 9.17) is 10.00 Å². The van der Waals surface area contributed by atoms with Crippen molar-refractivity contribution in [2.45, 2.75) is 0 Å². The Hall–Kier alpha value is -1.08. The van der Waals surface area contributed by atoms with Crippen LogP contribution in [0.25, 0.3) is 0 Å². The minimum Gasteiger partial charge on any atom is -0.491 e. The van der Waals surface area contributed by atoms with Crippen molar-refractivity contribution in [2.75, 3.05) is 11.9 Å². The molecule has 0 spiro atoms. The van der Waals surface area contributed by atoms with E-state index in [1.807, 2.05) is 0 Å². The van der Waals surface area contributed by atoms with Gasteiger partial charge in [0.15, 0.2) is 0 Å². The maximum Gasteiger partial charge on any atom is 0.144 e. The molecule has 0 fully saturated rings. The predicted octanol–water partition coefficient (Wildman–Crippen LogP) is 2.47. The summed E-state index contributed by atoms with van der Waals surface area (Å²) in [5, 5.41) is 9.26. The molecule has 0 amide bonds. The van der Waals surface area contributed by atoms with Gasteiger partial charge in [0.25, 0.3) is 0 Å². The van der Waals surface area contributed by atoms with Gasteiger partial charge >= 0.3 is 0 Å². The van der Waals surface area contributed by atoms with Crippen LogP contribution in [-0.2, 0) is 0 Å². The molecule has 13 heavy (non-hydrogen) atoms. The molecule has 2 nitrogen and oxygen atoms in total. The van der Waals surface area contributed by atoms with Crippen LogP contribution in [0.4, 0.5) is 4.39 Å². The SMILES string of the molecule is N#Cc1c(F)cccc1OCCBr. The number of rotatable bonds is 3. The van der Waals surface area contributed by atoms with Crippen molar-refractivity contribution < 1.29 is 9.13 Å². The molecule has 0 N–H and O–H groups in total. The summed E-state index contributed by atoms with van der Waals surface area (Å²) in [5.41, 5.74) is -0.0385. The van der Waals surface area contributed by atoms with Crippen molar-refractivity contribution >= 4 is 15.9 Å². The number of hydrogen-bond donors (Lipinski definition) is 0. The van der Waals surface area contributed by atoms with E-state index in [2.05, 4.69) is 15.9 Å². The lowest BCUT2D eigenvalue weighted by molar-refractivity contribution is 0.342. The van der Waals surface area contributed by atoms with E-state index in [9.17, 15) is 4.39 Å². The van der Waals surface area contributed by atoms with Gasteiger partial charge in [-0.2, -0.15) is 5.26 Å². The largest absolute Gasteiger partial charge is 0.491 e. The summed E-state index contributed by atoms with van der Waals surface area (Å²) in [5.74, 6) is -0.253. The van der Waals surface area contributed by atoms with E-state index >= 15 is 0 Å². The van der Waals surface area contributed by atoms with Crippen molar-refractivity contribution in [1.82, 2.24) is 0 Å². The summed E-state index contributed by atoms with van der Waals surface area (Å²) < 4.78 is 18.1. The van der Waals surface area contributed by atoms with E-state index in [0.29, 0.717) is 17.7 Å². The van der Waals surface area contributed by atoms with Crippen LogP contribution < -0.4 is 4.74 Å². The molecule has 0 saturated heterocycles. The monoisotopic (exact) mass is 243 g/mol. The molecule has 0 aliphatic rings. The summed E-state index contributed by atoms with van der Waals surface area (Å²) in [6, 6.07) is 6.08. The Balaban J connectivity index is 2.93. The van der Waals surface area contributed by atoms with Crippen LogP contribution in [0.1, 0.15) is 5.56 Å². The first-order valence-electron chi connectivity index (χ1n) is 3.67. The van der Waals surface area contributed by atoms with Gasteiger partial charge in [-0.25, -0.2) is 4.39 Å². The third-order valence-electron chi connectivity index (χ3n) is 1.42. The van der Waals surface area contributed by atoms with E-state index < -0.39 is 5.82 Å². The molecular formula is C9H7BrFNO. The Labute approximate surface area is 84.1 Å². The zero-order valence-corrected chi connectivity index (χ0v) is 8.34. The van der Waals surface area contributed by atoms with Gasteiger partial charge in [-0.05, 0) is 12.1 Å². The minimum atomic E-state index is -0.547. The molecule has 1 rings (SSSR count). The van der Waals surface area contributed by atoms with Crippen LogP contribution >= 0.6 is 15.9 Å². The summed E-state index contributed by atoms with van der Waals surface area (Å²) in [6.45, 7) is 0.415. The molecule has 0 unspecified atom stereocenters. The lowest BCUT2D eigenvalue weighted by Gasteiger charge is -2.05. The fraction of sp³-hybridized carbons (Fsp3) is 0.222. The van der Waals surface area contributed by atoms with E-state index in [1.54, 1.807) is 12.1 Å². The highest BCUT2D eigenvalue weighted by Crippen LogP contribution is 2.20. The molecule has 0 heterocycles. The number of nitrogens with zero attached hydrogens (tertiary/aromatic N) is 1. The molecule has 4 heteroatoms. The third kappa shape index (κ3) is 2.43. The molecule has 1 aromatic carbocycles. The highest BCUT2D eigenvalue weighted by atomic mass is 79.9. The molecule has 0 aliphatic heterocycles. The van der Waals surface area contributed by atoms with E-state index in [0.717, 1.165) is 0 Å². The van der Waals surface area contributed by atoms with Crippen molar-refractivity contribution in [3.63, 3.8) is 0 Å². The third-order valence-corrected chi connectivity index (χ3v) is 1.75. The molecule has 68 valence electrons. The Morgan fingerprint density at radius 3 is 2.92 bits per heavy atom. The topological polar surface area (TPSA) is 33.0 Å². The number of alkyl halides is 1. The van der Waals surface area contributed by atoms with Gasteiger partial charge < -0.3 is 4.74 Å². The molecule has 0 saturated carbocycles. The molecule has 0 radical (unpaired) electrons. The molecule has 0 atom stereocenters. The summed E-state index contributed by atoms with van der Waals surface area (Å²) in [6.07, 6.45) is 0. The fourth-order valence-electron chi connectivity index (χ4n) is 0.882. The number of halogens is 2. The quantitative estimate of drug-likeness (QED) is 0.765. The van der Waals surface area contributed by atoms with Gasteiger partial charge in [0.1, 0.15) is 23.2 Å². The summed E-state index contributed by atoms with van der Waals surface area (Å²) in [7, 11) is 0. The Bertz CT molecular complexity index is 335. The van der Waals surface area contributed by atoms with Crippen LogP contribution in [-0.4, -0.2) is 11.9 Å². The van der Waals surface area contributed by atoms with Crippen LogP contribution in [0, 0.1) is 17.1 Å². The van der Waals surface area contributed by atoms with Crippen molar-refractivity contribution in [1.29, 1.82) is 5.26 Å². The van der Waals surface area contributed by atoms with E-state index in [-0.39, 0.29) is 5.56 Å². The maximum absolute atomic E-state index is 13.0. The van der Waals surface area contributed by atoms with Gasteiger partial charge in [0.2, 0.25) is 0 Å². The second-order valence-corrected chi connectivity index (χ2v) is 3.06. The Morgan fingerprint density at radius 1 is 1.54 bits per heavy atom. The predicted molar refractivity (Wildman–Crippen MR) is 50.4 cm³/mol. The first-order valence-corrected chi connectivity index (χ1v) is 4.79. The first-order chi connectivity index (χ1) is 6.29. The zero-order valence-electron chi connectivity index (χ0n) is 6.76. The van der Waals surface area contributed by atoms with Gasteiger partial charge in [0.05, 0.1) is 6.61 Å². The number of nitriles is 1. The number of ether oxygens (including phenoxy) is 1. The standard InChI is InChI=1S/C9H7BrFNO/c10-4-5-13-9-3-1-2-8(11)7(9)6-12/h1-3H,4-5H2. The van der Waals surface area contributed by atoms with Gasteiger partial charge in [-0.3, -0.25) is 0 Å². The second-order valence-electron chi connectivity index (χ2n) is 2.26. The zero-order chi connectivity index (χ0) is 9.68. The minimum absolute atomic E-state index is 0.0385. The highest BCUT2D eigenvalue weighted by Gasteiger charge is 2.07. The van der Waals surface area contributed by atoms with Gasteiger partial charge in [0, 0.05) is 5.33 Å². The maximum atomic E-state index is 13.0. The van der Waals surface area contributed by atoms with Gasteiger partial charge in [-0.1, -0.05) is 22.0 Å². The lowest BCUT2D eigenvalue weighted by Crippen LogP contribution is -2.00. The van der Waals surface area contributed by atoms with Crippen LogP contribution in [0.2, 0.25) is 0 Å². The molecule has 0 aromatic heterocycles. The van der Waals surface area contributed by atoms with Crippen molar-refractivity contribution in [3.8, 4) is 11.8 Å². The van der Waals surface area contributed by atoms with Crippen LogP contribution in [0.3, 0.4) is 0 Å². The Morgan fingerprint density at radius 2 is 2.31 bits per heavy atom. The lowest BCUT2D eigenvalue weighted by atomic mass is 10.2. The summed E-state index contributed by atoms with van der Waals surface area (Å²) in [4.78, 5) is 0. The second kappa shape index (κ2) is 4.83. The molecule has 1 aromatic rings. The van der Waals surface area contributed by atoms with Crippen LogP contribution in [0.5, 0.6) is 5.75 Å². The number of benzene rings is 1. The highest BCUT2D eigenvalue weighted by molar-refractivity contribution is 9.09. The van der Waals surface area contributed by atoms with Gasteiger partial charge in [-0.15, -0.1) is 0 Å². The molecular weight excluding hydrogens is 237 g/mol. The first kappa shape index (κ1) is 10.0. The normalized spacial score (nSPS) is 9.31.